The maximum atomic E-state index is 15.6. The molecule has 2 fully saturated rings. The van der Waals surface area contributed by atoms with Gasteiger partial charge in [0.25, 0.3) is 5.91 Å². The molecule has 1 aliphatic heterocycles. The van der Waals surface area contributed by atoms with Crippen molar-refractivity contribution in [1.29, 1.82) is 0 Å². The lowest BCUT2D eigenvalue weighted by molar-refractivity contribution is -0.138. The first-order valence-corrected chi connectivity index (χ1v) is 16.5. The summed E-state index contributed by atoms with van der Waals surface area (Å²) in [6, 6.07) is 2.76. The van der Waals surface area contributed by atoms with Crippen LogP contribution in [0.4, 0.5) is 10.1 Å². The summed E-state index contributed by atoms with van der Waals surface area (Å²) in [4.78, 5) is 54.7. The zero-order valence-electron chi connectivity index (χ0n) is 27.7. The normalized spacial score (nSPS) is 23.6. The topological polar surface area (TPSA) is 159 Å². The van der Waals surface area contributed by atoms with Gasteiger partial charge in [0.2, 0.25) is 17.7 Å². The summed E-state index contributed by atoms with van der Waals surface area (Å²) >= 11 is 0. The first-order valence-electron chi connectivity index (χ1n) is 16.5. The van der Waals surface area contributed by atoms with Crippen LogP contribution in [0.25, 0.3) is 0 Å². The molecule has 1 aliphatic carbocycles. The highest BCUT2D eigenvalue weighted by atomic mass is 19.1. The van der Waals surface area contributed by atoms with E-state index in [1.807, 2.05) is 20.8 Å². The fourth-order valence-electron chi connectivity index (χ4n) is 6.54. The van der Waals surface area contributed by atoms with Gasteiger partial charge in [-0.1, -0.05) is 51.8 Å². The Hall–Kier alpha value is -3.87. The molecule has 0 bridgehead atoms. The summed E-state index contributed by atoms with van der Waals surface area (Å²) in [5.41, 5.74) is 0.862. The highest BCUT2D eigenvalue weighted by Crippen LogP contribution is 2.32. The molecule has 4 amide bonds. The monoisotopic (exact) mass is 641 g/mol. The molecule has 2 heterocycles. The summed E-state index contributed by atoms with van der Waals surface area (Å²) in [5.74, 6) is -2.46. The lowest BCUT2D eigenvalue weighted by atomic mass is 9.79. The lowest BCUT2D eigenvalue weighted by Crippen LogP contribution is -2.60. The average Bonchev–Trinajstić information content (AvgIpc) is 3.52. The maximum absolute atomic E-state index is 15.6. The number of aromatic nitrogens is 2. The molecule has 1 aromatic carbocycles. The first kappa shape index (κ1) is 35.0. The van der Waals surface area contributed by atoms with Crippen molar-refractivity contribution in [1.82, 2.24) is 31.2 Å². The summed E-state index contributed by atoms with van der Waals surface area (Å²) in [7, 11) is 0. The minimum Gasteiger partial charge on any atom is -0.344 e. The minimum atomic E-state index is -0.922. The van der Waals surface area contributed by atoms with Crippen LogP contribution in [0.5, 0.6) is 0 Å². The number of hydrogen-bond acceptors (Lipinski definition) is 8. The Labute approximate surface area is 270 Å². The van der Waals surface area contributed by atoms with Gasteiger partial charge >= 0.3 is 0 Å². The van der Waals surface area contributed by atoms with Crippen LogP contribution in [0, 0.1) is 17.7 Å². The molecule has 1 aromatic heterocycles. The molecule has 2 aliphatic rings. The number of benzene rings is 1. The molecule has 12 nitrogen and oxygen atoms in total. The molecular formula is C33H48FN7O5. The molecular weight excluding hydrogens is 593 g/mol. The first-order chi connectivity index (χ1) is 21.9. The number of carbonyl (C=O) groups is 4. The van der Waals surface area contributed by atoms with Crippen molar-refractivity contribution in [3.63, 3.8) is 0 Å². The van der Waals surface area contributed by atoms with Crippen LogP contribution in [0.15, 0.2) is 22.8 Å². The van der Waals surface area contributed by atoms with Crippen LogP contribution >= 0.6 is 0 Å². The van der Waals surface area contributed by atoms with Gasteiger partial charge in [0.15, 0.2) is 5.69 Å². The third-order valence-electron chi connectivity index (χ3n) is 9.26. The number of carbonyl (C=O) groups excluding carboxylic acids is 4. The van der Waals surface area contributed by atoms with E-state index in [9.17, 15) is 19.2 Å². The van der Waals surface area contributed by atoms with Crippen LogP contribution < -0.4 is 21.3 Å². The number of piperazine rings is 1. The van der Waals surface area contributed by atoms with Gasteiger partial charge in [-0.25, -0.2) is 9.02 Å². The Kier molecular flexibility index (Phi) is 11.9. The zero-order valence-corrected chi connectivity index (χ0v) is 27.7. The third kappa shape index (κ3) is 8.48. The van der Waals surface area contributed by atoms with E-state index in [-0.39, 0.29) is 47.6 Å². The molecule has 0 radical (unpaired) electrons. The molecule has 0 unspecified atom stereocenters. The predicted molar refractivity (Wildman–Crippen MR) is 170 cm³/mol. The van der Waals surface area contributed by atoms with Gasteiger partial charge in [-0.2, -0.15) is 0 Å². The number of halogens is 1. The minimum absolute atomic E-state index is 0.0259. The van der Waals surface area contributed by atoms with Crippen molar-refractivity contribution in [2.24, 2.45) is 11.8 Å². The predicted octanol–water partition coefficient (Wildman–Crippen LogP) is 3.54. The molecule has 4 N–H and O–H groups in total. The highest BCUT2D eigenvalue weighted by Gasteiger charge is 2.36. The van der Waals surface area contributed by atoms with Crippen molar-refractivity contribution in [2.45, 2.75) is 110 Å². The molecule has 1 saturated heterocycles. The third-order valence-corrected chi connectivity index (χ3v) is 9.26. The van der Waals surface area contributed by atoms with Gasteiger partial charge in [0.05, 0.1) is 5.69 Å². The van der Waals surface area contributed by atoms with Crippen molar-refractivity contribution in [3.8, 4) is 0 Å². The van der Waals surface area contributed by atoms with E-state index >= 15 is 4.39 Å². The van der Waals surface area contributed by atoms with Crippen LogP contribution in [0.3, 0.4) is 0 Å². The van der Waals surface area contributed by atoms with Crippen molar-refractivity contribution >= 4 is 29.3 Å². The summed E-state index contributed by atoms with van der Waals surface area (Å²) in [5, 5.41) is 19.2. The fraction of sp³-hybridized carbons (Fsp3) is 0.636. The van der Waals surface area contributed by atoms with E-state index in [0.717, 1.165) is 25.7 Å². The molecule has 4 rings (SSSR count). The number of aryl methyl sites for hydroxylation is 1. The maximum Gasteiger partial charge on any atom is 0.276 e. The summed E-state index contributed by atoms with van der Waals surface area (Å²) in [6.07, 6.45) is 3.94. The Balaban J connectivity index is 1.53. The molecule has 5 atom stereocenters. The van der Waals surface area contributed by atoms with Gasteiger partial charge in [-0.3, -0.25) is 19.2 Å². The second-order valence-corrected chi connectivity index (χ2v) is 13.0. The van der Waals surface area contributed by atoms with E-state index in [2.05, 4.69) is 38.5 Å². The second-order valence-electron chi connectivity index (χ2n) is 13.0. The number of nitrogens with one attached hydrogen (secondary N) is 4. The van der Waals surface area contributed by atoms with Gasteiger partial charge < -0.3 is 26.2 Å². The van der Waals surface area contributed by atoms with Crippen molar-refractivity contribution < 1.29 is 28.2 Å². The molecule has 252 valence electrons. The number of anilines is 1. The molecule has 0 spiro atoms. The van der Waals surface area contributed by atoms with E-state index in [4.69, 9.17) is 4.63 Å². The van der Waals surface area contributed by atoms with Crippen LogP contribution in [-0.2, 0) is 20.8 Å². The summed E-state index contributed by atoms with van der Waals surface area (Å²) in [6.45, 7) is 12.5. The van der Waals surface area contributed by atoms with E-state index in [1.165, 1.54) is 12.1 Å². The Morgan fingerprint density at radius 2 is 1.70 bits per heavy atom. The van der Waals surface area contributed by atoms with Gasteiger partial charge in [-0.05, 0) is 67.8 Å². The van der Waals surface area contributed by atoms with Gasteiger partial charge in [-0.15, -0.1) is 0 Å². The average molecular weight is 642 g/mol. The number of nitrogens with zero attached hydrogens (tertiary/aromatic N) is 3. The number of amides is 4. The quantitative estimate of drug-likeness (QED) is 0.290. The Morgan fingerprint density at radius 3 is 2.30 bits per heavy atom. The van der Waals surface area contributed by atoms with E-state index < -0.39 is 35.6 Å². The van der Waals surface area contributed by atoms with Gasteiger partial charge in [0.1, 0.15) is 23.6 Å². The van der Waals surface area contributed by atoms with Crippen molar-refractivity contribution in [2.75, 3.05) is 18.4 Å². The SMILES string of the molecule is CCC(=O)N[C@@H](C(=O)N1C[C@@H](C)N[C@H](C)C1)[C@@H](C)c1ccc(NC(=O)[C@@H](NC(=O)c2nonc2CC)C2CCC(C)CC2)c(F)c1. The van der Waals surface area contributed by atoms with Crippen LogP contribution in [0.1, 0.15) is 101 Å². The lowest BCUT2D eigenvalue weighted by Gasteiger charge is -2.39. The summed E-state index contributed by atoms with van der Waals surface area (Å²) < 4.78 is 20.4. The zero-order chi connectivity index (χ0) is 33.5. The van der Waals surface area contributed by atoms with Crippen LogP contribution in [0.2, 0.25) is 0 Å². The standard InChI is InChI=1S/C33H48FN7O5/c1-7-25-30(40-46-39-25)32(44)38-29(22-11-9-18(3)10-12-22)31(43)36-26-14-13-23(15-24(26)34)21(6)28(37-27(42)8-2)33(45)41-16-19(4)35-20(5)17-41/h13-15,18-22,28-29,35H,7-12,16-17H2,1-6H3,(H,36,43)(H,37,42)(H,38,44)/t18?,19-,20-,21+,22?,28-,29+/m1/s1. The Morgan fingerprint density at radius 1 is 1.02 bits per heavy atom. The fourth-order valence-corrected chi connectivity index (χ4v) is 6.54. The second kappa shape index (κ2) is 15.6. The Bertz CT molecular complexity index is 1380. The van der Waals surface area contributed by atoms with E-state index in [1.54, 1.807) is 24.8 Å². The highest BCUT2D eigenvalue weighted by molar-refractivity contribution is 6.01. The largest absolute Gasteiger partial charge is 0.344 e. The number of rotatable bonds is 11. The smallest absolute Gasteiger partial charge is 0.276 e. The molecule has 46 heavy (non-hydrogen) atoms. The van der Waals surface area contributed by atoms with Crippen molar-refractivity contribution in [3.05, 3.63) is 41.0 Å². The van der Waals surface area contributed by atoms with E-state index in [0.29, 0.717) is 36.7 Å². The molecule has 13 heteroatoms. The van der Waals surface area contributed by atoms with Crippen LogP contribution in [-0.4, -0.2) is 76.1 Å². The van der Waals surface area contributed by atoms with Gasteiger partial charge in [0, 0.05) is 37.5 Å². The molecule has 1 saturated carbocycles. The number of hydrogen-bond donors (Lipinski definition) is 4. The molecule has 2 aromatic rings.